The van der Waals surface area contributed by atoms with Gasteiger partial charge >= 0.3 is 0 Å². The largest absolute Gasteiger partial charge is 0.361 e. The maximum absolute atomic E-state index is 12.1. The van der Waals surface area contributed by atoms with E-state index in [1.54, 1.807) is 6.07 Å². The number of H-pyrrole nitrogens is 1. The number of benzene rings is 1. The van der Waals surface area contributed by atoms with Gasteiger partial charge in [0.15, 0.2) is 0 Å². The summed E-state index contributed by atoms with van der Waals surface area (Å²) in [4.78, 5) is 26.3. The van der Waals surface area contributed by atoms with Gasteiger partial charge in [0.2, 0.25) is 5.91 Å². The van der Waals surface area contributed by atoms with Gasteiger partial charge in [-0.2, -0.15) is 0 Å². The van der Waals surface area contributed by atoms with Crippen molar-refractivity contribution in [2.75, 3.05) is 6.54 Å². The first kappa shape index (κ1) is 10.8. The van der Waals surface area contributed by atoms with E-state index in [-0.39, 0.29) is 17.9 Å². The molecule has 18 heavy (non-hydrogen) atoms. The second kappa shape index (κ2) is 4.18. The van der Waals surface area contributed by atoms with Gasteiger partial charge in [0.1, 0.15) is 0 Å². The molecule has 1 saturated heterocycles. The molecule has 92 valence electrons. The summed E-state index contributed by atoms with van der Waals surface area (Å²) in [6, 6.07) is 7.38. The van der Waals surface area contributed by atoms with E-state index < -0.39 is 0 Å². The second-order valence-corrected chi connectivity index (χ2v) is 4.43. The fraction of sp³-hybridized carbons (Fsp3) is 0.231. The number of rotatable bonds is 2. The number of aromatic nitrogens is 1. The van der Waals surface area contributed by atoms with Gasteiger partial charge in [-0.25, -0.2) is 0 Å². The Kier molecular flexibility index (Phi) is 2.51. The van der Waals surface area contributed by atoms with Crippen LogP contribution in [0.3, 0.4) is 0 Å². The molecule has 5 nitrogen and oxygen atoms in total. The smallest absolute Gasteiger partial charge is 0.253 e. The Morgan fingerprint density at radius 2 is 2.22 bits per heavy atom. The Bertz CT molecular complexity index is 617. The molecule has 1 aliphatic heterocycles. The highest BCUT2D eigenvalue weighted by atomic mass is 16.2. The first-order valence-corrected chi connectivity index (χ1v) is 5.88. The van der Waals surface area contributed by atoms with Crippen LogP contribution in [0, 0.1) is 0 Å². The summed E-state index contributed by atoms with van der Waals surface area (Å²) in [5.41, 5.74) is 1.43. The van der Waals surface area contributed by atoms with Gasteiger partial charge in [0.25, 0.3) is 5.91 Å². The van der Waals surface area contributed by atoms with Crippen LogP contribution < -0.4 is 10.6 Å². The first-order valence-electron chi connectivity index (χ1n) is 5.88. The number of para-hydroxylation sites is 1. The van der Waals surface area contributed by atoms with E-state index in [4.69, 9.17) is 0 Å². The van der Waals surface area contributed by atoms with Gasteiger partial charge in [-0.05, 0) is 12.1 Å². The molecule has 3 rings (SSSR count). The molecule has 1 aromatic carbocycles. The number of hydrogen-bond acceptors (Lipinski definition) is 2. The van der Waals surface area contributed by atoms with Gasteiger partial charge in [-0.15, -0.1) is 0 Å². The zero-order valence-corrected chi connectivity index (χ0v) is 9.69. The zero-order chi connectivity index (χ0) is 12.5. The number of aromatic amines is 1. The summed E-state index contributed by atoms with van der Waals surface area (Å²) in [6.07, 6.45) is 2.16. The van der Waals surface area contributed by atoms with E-state index in [1.807, 2.05) is 24.4 Å². The molecule has 1 aliphatic rings. The molecule has 1 unspecified atom stereocenters. The van der Waals surface area contributed by atoms with Crippen LogP contribution in [0.2, 0.25) is 0 Å². The van der Waals surface area contributed by atoms with E-state index in [0.29, 0.717) is 18.5 Å². The third kappa shape index (κ3) is 1.84. The average Bonchev–Trinajstić information content (AvgIpc) is 2.97. The van der Waals surface area contributed by atoms with Crippen molar-refractivity contribution in [2.45, 2.75) is 12.5 Å². The molecular weight excluding hydrogens is 230 g/mol. The molecule has 0 saturated carbocycles. The summed E-state index contributed by atoms with van der Waals surface area (Å²) in [6.45, 7) is 0.505. The minimum absolute atomic E-state index is 0.0154. The summed E-state index contributed by atoms with van der Waals surface area (Å²) in [5.74, 6) is -0.164. The molecule has 3 N–H and O–H groups in total. The molecule has 2 heterocycles. The topological polar surface area (TPSA) is 74.0 Å². The van der Waals surface area contributed by atoms with Crippen LogP contribution in [0.4, 0.5) is 0 Å². The third-order valence-electron chi connectivity index (χ3n) is 3.14. The molecule has 1 fully saturated rings. The average molecular weight is 243 g/mol. The second-order valence-electron chi connectivity index (χ2n) is 4.43. The van der Waals surface area contributed by atoms with Crippen molar-refractivity contribution in [2.24, 2.45) is 0 Å². The van der Waals surface area contributed by atoms with Gasteiger partial charge < -0.3 is 15.6 Å². The van der Waals surface area contributed by atoms with E-state index in [9.17, 15) is 9.59 Å². The van der Waals surface area contributed by atoms with Crippen molar-refractivity contribution in [3.63, 3.8) is 0 Å². The lowest BCUT2D eigenvalue weighted by Gasteiger charge is -2.10. The highest BCUT2D eigenvalue weighted by Gasteiger charge is 2.23. The Labute approximate surface area is 104 Å². The van der Waals surface area contributed by atoms with Gasteiger partial charge in [-0.1, -0.05) is 12.1 Å². The van der Waals surface area contributed by atoms with Crippen molar-refractivity contribution < 1.29 is 9.59 Å². The summed E-state index contributed by atoms with van der Waals surface area (Å²) in [5, 5.41) is 6.57. The fourth-order valence-corrected chi connectivity index (χ4v) is 2.24. The van der Waals surface area contributed by atoms with Gasteiger partial charge in [0.05, 0.1) is 17.1 Å². The van der Waals surface area contributed by atoms with Crippen molar-refractivity contribution in [3.8, 4) is 0 Å². The van der Waals surface area contributed by atoms with Gasteiger partial charge in [0, 0.05) is 24.5 Å². The summed E-state index contributed by atoms with van der Waals surface area (Å²) >= 11 is 0. The molecule has 0 aliphatic carbocycles. The molecule has 1 atom stereocenters. The maximum atomic E-state index is 12.1. The lowest BCUT2D eigenvalue weighted by molar-refractivity contribution is -0.119. The Morgan fingerprint density at radius 1 is 1.33 bits per heavy atom. The monoisotopic (exact) mass is 243 g/mol. The highest BCUT2D eigenvalue weighted by molar-refractivity contribution is 6.06. The van der Waals surface area contributed by atoms with Crippen LogP contribution >= 0.6 is 0 Å². The van der Waals surface area contributed by atoms with Crippen LogP contribution in [0.5, 0.6) is 0 Å². The Hall–Kier alpha value is -2.30. The standard InChI is InChI=1S/C13H13N3O2/c17-11-6-9(7-15-11)16-13(18)10-3-1-2-8-4-5-14-12(8)10/h1-5,9,14H,6-7H2,(H,15,17)(H,16,18). The number of carbonyl (C=O) groups excluding carboxylic acids is 2. The number of carbonyl (C=O) groups is 2. The van der Waals surface area contributed by atoms with Crippen LogP contribution in [-0.2, 0) is 4.79 Å². The minimum Gasteiger partial charge on any atom is -0.361 e. The summed E-state index contributed by atoms with van der Waals surface area (Å²) < 4.78 is 0. The quantitative estimate of drug-likeness (QED) is 0.729. The number of nitrogens with one attached hydrogen (secondary N) is 3. The van der Waals surface area contributed by atoms with Crippen LogP contribution in [0.15, 0.2) is 30.5 Å². The number of amides is 2. The summed E-state index contributed by atoms with van der Waals surface area (Å²) in [7, 11) is 0. The molecule has 0 bridgehead atoms. The molecule has 2 aromatic rings. The molecule has 5 heteroatoms. The molecule has 0 radical (unpaired) electrons. The maximum Gasteiger partial charge on any atom is 0.253 e. The minimum atomic E-state index is -0.149. The Morgan fingerprint density at radius 3 is 3.00 bits per heavy atom. The zero-order valence-electron chi connectivity index (χ0n) is 9.69. The van der Waals surface area contributed by atoms with Crippen LogP contribution in [0.1, 0.15) is 16.8 Å². The molecule has 0 spiro atoms. The molecular formula is C13H13N3O2. The molecule has 2 amide bonds. The predicted molar refractivity (Wildman–Crippen MR) is 67.2 cm³/mol. The van der Waals surface area contributed by atoms with Gasteiger partial charge in [-0.3, -0.25) is 9.59 Å². The first-order chi connectivity index (χ1) is 8.74. The lowest BCUT2D eigenvalue weighted by atomic mass is 10.1. The lowest BCUT2D eigenvalue weighted by Crippen LogP contribution is -2.36. The number of hydrogen-bond donors (Lipinski definition) is 3. The predicted octanol–water partition coefficient (Wildman–Crippen LogP) is 0.786. The van der Waals surface area contributed by atoms with E-state index in [2.05, 4.69) is 15.6 Å². The van der Waals surface area contributed by atoms with E-state index in [0.717, 1.165) is 10.9 Å². The van der Waals surface area contributed by atoms with Crippen LogP contribution in [0.25, 0.3) is 10.9 Å². The number of fused-ring (bicyclic) bond motifs is 1. The normalized spacial score (nSPS) is 18.9. The van der Waals surface area contributed by atoms with Crippen molar-refractivity contribution in [3.05, 3.63) is 36.0 Å². The third-order valence-corrected chi connectivity index (χ3v) is 3.14. The Balaban J connectivity index is 1.83. The SMILES string of the molecule is O=C1CC(NC(=O)c2cccc3cc[nH]c23)CN1. The molecule has 1 aromatic heterocycles. The van der Waals surface area contributed by atoms with E-state index in [1.165, 1.54) is 0 Å². The van der Waals surface area contributed by atoms with Crippen molar-refractivity contribution >= 4 is 22.7 Å². The van der Waals surface area contributed by atoms with Crippen LogP contribution in [-0.4, -0.2) is 29.4 Å². The van der Waals surface area contributed by atoms with Crippen molar-refractivity contribution in [1.82, 2.24) is 15.6 Å². The highest BCUT2D eigenvalue weighted by Crippen LogP contribution is 2.17. The fourth-order valence-electron chi connectivity index (χ4n) is 2.24. The van der Waals surface area contributed by atoms with Crippen molar-refractivity contribution in [1.29, 1.82) is 0 Å². The van der Waals surface area contributed by atoms with E-state index >= 15 is 0 Å².